The molecule has 1 atom stereocenters. The van der Waals surface area contributed by atoms with Gasteiger partial charge in [-0.25, -0.2) is 12.8 Å². The number of ether oxygens (including phenoxy) is 1. The minimum absolute atomic E-state index is 0.149. The third kappa shape index (κ3) is 3.12. The van der Waals surface area contributed by atoms with Gasteiger partial charge in [0.05, 0.1) is 23.1 Å². The van der Waals surface area contributed by atoms with Crippen LogP contribution >= 0.6 is 11.6 Å². The summed E-state index contributed by atoms with van der Waals surface area (Å²) in [6.07, 6.45) is 1.19. The van der Waals surface area contributed by atoms with Crippen LogP contribution in [0.2, 0.25) is 5.15 Å². The Kier molecular flexibility index (Phi) is 3.76. The molecule has 1 unspecified atom stereocenters. The first-order chi connectivity index (χ1) is 9.94. The Balaban J connectivity index is 1.86. The number of aromatic amines is 1. The number of sulfonamides is 1. The van der Waals surface area contributed by atoms with Crippen molar-refractivity contribution in [1.29, 1.82) is 0 Å². The summed E-state index contributed by atoms with van der Waals surface area (Å²) < 4.78 is 45.5. The molecule has 21 heavy (non-hydrogen) atoms. The van der Waals surface area contributed by atoms with Gasteiger partial charge in [-0.1, -0.05) is 11.6 Å². The van der Waals surface area contributed by atoms with Gasteiger partial charge in [0.25, 0.3) is 0 Å². The summed E-state index contributed by atoms with van der Waals surface area (Å²) in [4.78, 5) is 0. The fourth-order valence-electron chi connectivity index (χ4n) is 2.31. The topological polar surface area (TPSA) is 84.1 Å². The minimum Gasteiger partial charge on any atom is -0.377 e. The average Bonchev–Trinajstić information content (AvgIpc) is 3.01. The van der Waals surface area contributed by atoms with Crippen LogP contribution in [0.25, 0.3) is 10.9 Å². The first kappa shape index (κ1) is 14.6. The highest BCUT2D eigenvalue weighted by molar-refractivity contribution is 7.92. The number of fused-ring (bicyclic) bond motifs is 1. The van der Waals surface area contributed by atoms with Crippen molar-refractivity contribution in [3.05, 3.63) is 23.1 Å². The van der Waals surface area contributed by atoms with Gasteiger partial charge in [-0.3, -0.25) is 9.82 Å². The van der Waals surface area contributed by atoms with E-state index in [1.807, 2.05) is 0 Å². The fourth-order valence-corrected chi connectivity index (χ4v) is 3.83. The van der Waals surface area contributed by atoms with Crippen molar-refractivity contribution < 1.29 is 17.5 Å². The highest BCUT2D eigenvalue weighted by atomic mass is 35.5. The Hall–Kier alpha value is -1.38. The van der Waals surface area contributed by atoms with Crippen LogP contribution in [-0.2, 0) is 14.8 Å². The van der Waals surface area contributed by atoms with Crippen LogP contribution in [0.5, 0.6) is 0 Å². The maximum Gasteiger partial charge on any atom is 0.235 e. The first-order valence-corrected chi connectivity index (χ1v) is 8.43. The van der Waals surface area contributed by atoms with Crippen molar-refractivity contribution in [3.63, 3.8) is 0 Å². The van der Waals surface area contributed by atoms with E-state index in [4.69, 9.17) is 16.3 Å². The highest BCUT2D eigenvalue weighted by Gasteiger charge is 2.24. The van der Waals surface area contributed by atoms with E-state index in [0.717, 1.165) is 12.5 Å². The Morgan fingerprint density at radius 2 is 2.33 bits per heavy atom. The van der Waals surface area contributed by atoms with Gasteiger partial charge in [0.2, 0.25) is 10.0 Å². The molecule has 6 nitrogen and oxygen atoms in total. The molecule has 1 saturated heterocycles. The van der Waals surface area contributed by atoms with E-state index in [1.165, 1.54) is 6.07 Å². The molecule has 0 bridgehead atoms. The van der Waals surface area contributed by atoms with Crippen LogP contribution in [0.15, 0.2) is 12.1 Å². The van der Waals surface area contributed by atoms with Gasteiger partial charge in [-0.15, -0.1) is 0 Å². The summed E-state index contributed by atoms with van der Waals surface area (Å²) in [5.41, 5.74) is 0.184. The van der Waals surface area contributed by atoms with E-state index >= 15 is 0 Å². The molecular formula is C12H13ClFN3O3S. The Morgan fingerprint density at radius 3 is 3.05 bits per heavy atom. The van der Waals surface area contributed by atoms with Crippen molar-refractivity contribution >= 4 is 38.2 Å². The van der Waals surface area contributed by atoms with Crippen LogP contribution in [0.3, 0.4) is 0 Å². The second-order valence-electron chi connectivity index (χ2n) is 4.91. The number of aromatic nitrogens is 2. The molecular weight excluding hydrogens is 321 g/mol. The molecule has 2 aromatic rings. The Morgan fingerprint density at radius 1 is 1.52 bits per heavy atom. The quantitative estimate of drug-likeness (QED) is 0.899. The summed E-state index contributed by atoms with van der Waals surface area (Å²) in [6.45, 7) is 0.561. The van der Waals surface area contributed by atoms with Gasteiger partial charge in [0, 0.05) is 18.1 Å². The lowest BCUT2D eigenvalue weighted by Gasteiger charge is -2.12. The van der Waals surface area contributed by atoms with Crippen molar-refractivity contribution in [2.24, 2.45) is 0 Å². The zero-order valence-electron chi connectivity index (χ0n) is 10.9. The van der Waals surface area contributed by atoms with Crippen LogP contribution < -0.4 is 4.72 Å². The number of halogens is 2. The molecule has 0 aliphatic carbocycles. The molecule has 0 radical (unpaired) electrons. The number of nitrogens with zero attached hydrogens (tertiary/aromatic N) is 1. The van der Waals surface area contributed by atoms with E-state index in [0.29, 0.717) is 23.9 Å². The standard InChI is InChI=1S/C12H13ClFN3O3S/c13-12-8-4-11(9(14)5-10(8)15-16-12)17-21(18,19)6-7-2-1-3-20-7/h4-5,7,17H,1-3,6H2,(H,15,16). The lowest BCUT2D eigenvalue weighted by Crippen LogP contribution is -2.26. The Bertz CT molecular complexity index is 771. The third-order valence-electron chi connectivity index (χ3n) is 3.29. The molecule has 1 aliphatic heterocycles. The van der Waals surface area contributed by atoms with E-state index in [9.17, 15) is 12.8 Å². The van der Waals surface area contributed by atoms with Gasteiger partial charge in [0.1, 0.15) is 11.0 Å². The largest absolute Gasteiger partial charge is 0.377 e. The average molecular weight is 334 g/mol. The van der Waals surface area contributed by atoms with Crippen LogP contribution in [0.1, 0.15) is 12.8 Å². The second-order valence-corrected chi connectivity index (χ2v) is 7.05. The van der Waals surface area contributed by atoms with Gasteiger partial charge in [-0.2, -0.15) is 5.10 Å². The summed E-state index contributed by atoms with van der Waals surface area (Å²) in [5.74, 6) is -0.898. The number of H-pyrrole nitrogens is 1. The van der Waals surface area contributed by atoms with E-state index in [-0.39, 0.29) is 22.7 Å². The third-order valence-corrected chi connectivity index (χ3v) is 4.92. The summed E-state index contributed by atoms with van der Waals surface area (Å²) >= 11 is 5.87. The van der Waals surface area contributed by atoms with Gasteiger partial charge >= 0.3 is 0 Å². The lowest BCUT2D eigenvalue weighted by molar-refractivity contribution is 0.127. The molecule has 1 aromatic carbocycles. The molecule has 9 heteroatoms. The number of nitrogens with one attached hydrogen (secondary N) is 2. The molecule has 1 fully saturated rings. The molecule has 1 aliphatic rings. The highest BCUT2D eigenvalue weighted by Crippen LogP contribution is 2.27. The first-order valence-electron chi connectivity index (χ1n) is 6.40. The predicted octanol–water partition coefficient (Wildman–Crippen LogP) is 2.28. The second kappa shape index (κ2) is 5.43. The smallest absolute Gasteiger partial charge is 0.235 e. The van der Waals surface area contributed by atoms with Crippen LogP contribution in [0.4, 0.5) is 10.1 Å². The maximum absolute atomic E-state index is 13.9. The van der Waals surface area contributed by atoms with Crippen LogP contribution in [0, 0.1) is 5.82 Å². The lowest BCUT2D eigenvalue weighted by atomic mass is 10.2. The molecule has 2 heterocycles. The molecule has 0 saturated carbocycles. The zero-order valence-corrected chi connectivity index (χ0v) is 12.5. The number of hydrogen-bond donors (Lipinski definition) is 2. The number of hydrogen-bond acceptors (Lipinski definition) is 4. The summed E-state index contributed by atoms with van der Waals surface area (Å²) in [5, 5.41) is 6.99. The van der Waals surface area contributed by atoms with Gasteiger partial charge in [0.15, 0.2) is 0 Å². The van der Waals surface area contributed by atoms with Gasteiger partial charge < -0.3 is 4.74 Å². The van der Waals surface area contributed by atoms with Crippen molar-refractivity contribution in [2.45, 2.75) is 18.9 Å². The van der Waals surface area contributed by atoms with Crippen molar-refractivity contribution in [2.75, 3.05) is 17.1 Å². The zero-order chi connectivity index (χ0) is 15.0. The van der Waals surface area contributed by atoms with E-state index < -0.39 is 15.8 Å². The number of anilines is 1. The van der Waals surface area contributed by atoms with Gasteiger partial charge in [-0.05, 0) is 18.9 Å². The summed E-state index contributed by atoms with van der Waals surface area (Å²) in [6, 6.07) is 2.45. The Labute approximate surface area is 125 Å². The SMILES string of the molecule is O=S(=O)(CC1CCCO1)Nc1cc2c(Cl)[nH]nc2cc1F. The molecule has 2 N–H and O–H groups in total. The molecule has 3 rings (SSSR count). The molecule has 114 valence electrons. The fraction of sp³-hybridized carbons (Fsp3) is 0.417. The molecule has 0 spiro atoms. The molecule has 1 aromatic heterocycles. The van der Waals surface area contributed by atoms with E-state index in [1.54, 1.807) is 0 Å². The normalized spacial score (nSPS) is 19.2. The molecule has 0 amide bonds. The number of benzene rings is 1. The predicted molar refractivity (Wildman–Crippen MR) is 77.4 cm³/mol. The van der Waals surface area contributed by atoms with E-state index in [2.05, 4.69) is 14.9 Å². The maximum atomic E-state index is 13.9. The summed E-state index contributed by atoms with van der Waals surface area (Å²) in [7, 11) is -3.69. The van der Waals surface area contributed by atoms with Crippen molar-refractivity contribution in [3.8, 4) is 0 Å². The monoisotopic (exact) mass is 333 g/mol. The van der Waals surface area contributed by atoms with Crippen molar-refractivity contribution in [1.82, 2.24) is 10.2 Å². The van der Waals surface area contributed by atoms with Crippen LogP contribution in [-0.4, -0.2) is 37.1 Å². The minimum atomic E-state index is -3.69. The number of rotatable bonds is 4.